The monoisotopic (exact) mass is 471 g/mol. The van der Waals surface area contributed by atoms with Crippen molar-refractivity contribution in [2.24, 2.45) is 0 Å². The van der Waals surface area contributed by atoms with Crippen molar-refractivity contribution in [3.05, 3.63) is 71.9 Å². The highest BCUT2D eigenvalue weighted by Gasteiger charge is 2.12. The fraction of sp³-hybridized carbons (Fsp3) is 0.375. The Morgan fingerprint density at radius 3 is 2.50 bits per heavy atom. The number of nitrogens with zero attached hydrogens (tertiary/aromatic N) is 4. The number of benzene rings is 1. The Morgan fingerprint density at radius 2 is 1.84 bits per heavy atom. The van der Waals surface area contributed by atoms with Gasteiger partial charge in [-0.3, -0.25) is 4.79 Å². The maximum Gasteiger partial charge on any atom is 0.251 e. The van der Waals surface area contributed by atoms with Crippen LogP contribution in [0.1, 0.15) is 28.8 Å². The Kier molecular flexibility index (Phi) is 9.59. The second-order valence-electron chi connectivity index (χ2n) is 7.60. The van der Waals surface area contributed by atoms with Crippen LogP contribution in [0.4, 0.5) is 5.82 Å². The van der Waals surface area contributed by atoms with Gasteiger partial charge in [0.15, 0.2) is 5.16 Å². The Labute approximate surface area is 199 Å². The lowest BCUT2D eigenvalue weighted by Gasteiger charge is -2.20. The predicted molar refractivity (Wildman–Crippen MR) is 134 cm³/mol. The van der Waals surface area contributed by atoms with Crippen LogP contribution >= 0.6 is 23.4 Å². The fourth-order valence-electron chi connectivity index (χ4n) is 3.52. The minimum absolute atomic E-state index is 0.0317. The summed E-state index contributed by atoms with van der Waals surface area (Å²) in [6.45, 7) is 12.8. The zero-order valence-electron chi connectivity index (χ0n) is 18.3. The highest BCUT2D eigenvalue weighted by molar-refractivity contribution is 7.98. The van der Waals surface area contributed by atoms with Crippen molar-refractivity contribution in [2.45, 2.75) is 23.8 Å². The predicted octanol–water partition coefficient (Wildman–Crippen LogP) is 4.43. The molecule has 6 nitrogen and oxygen atoms in total. The lowest BCUT2D eigenvalue weighted by molar-refractivity contribution is 0.0949. The quantitative estimate of drug-likeness (QED) is 0.214. The normalized spacial score (nSPS) is 13.7. The summed E-state index contributed by atoms with van der Waals surface area (Å²) in [5, 5.41) is 4.01. The minimum Gasteiger partial charge on any atom is -0.351 e. The molecule has 1 N–H and O–H groups in total. The minimum atomic E-state index is -0.0317. The summed E-state index contributed by atoms with van der Waals surface area (Å²) in [6.07, 6.45) is 6.15. The first-order chi connectivity index (χ1) is 15.6. The van der Waals surface area contributed by atoms with Crippen LogP contribution in [-0.2, 0) is 5.75 Å². The third kappa shape index (κ3) is 7.36. The summed E-state index contributed by atoms with van der Waals surface area (Å²) in [6, 6.07) is 9.41. The Morgan fingerprint density at radius 1 is 1.16 bits per heavy atom. The Balaban J connectivity index is 1.53. The average Bonchev–Trinajstić information content (AvgIpc) is 3.31. The number of likely N-dealkylation sites (tertiary alicyclic amines) is 1. The van der Waals surface area contributed by atoms with E-state index in [-0.39, 0.29) is 5.91 Å². The summed E-state index contributed by atoms with van der Waals surface area (Å²) in [5.74, 6) is 1.39. The van der Waals surface area contributed by atoms with Gasteiger partial charge in [-0.25, -0.2) is 9.97 Å². The average molecular weight is 472 g/mol. The van der Waals surface area contributed by atoms with Crippen molar-refractivity contribution in [1.82, 2.24) is 20.2 Å². The number of hydrogen-bond acceptors (Lipinski definition) is 6. The molecule has 1 amide bonds. The lowest BCUT2D eigenvalue weighted by Crippen LogP contribution is -2.33. The number of hydrogen-bond donors (Lipinski definition) is 1. The number of aromatic nitrogens is 2. The summed E-state index contributed by atoms with van der Waals surface area (Å²) in [7, 11) is 0. The zero-order chi connectivity index (χ0) is 22.8. The zero-order valence-corrected chi connectivity index (χ0v) is 19.9. The molecule has 1 saturated heterocycles. The highest BCUT2D eigenvalue weighted by atomic mass is 35.5. The van der Waals surface area contributed by atoms with Crippen LogP contribution in [0, 0.1) is 0 Å². The number of halogens is 1. The van der Waals surface area contributed by atoms with Crippen molar-refractivity contribution in [1.29, 1.82) is 0 Å². The topological polar surface area (TPSA) is 61.4 Å². The van der Waals surface area contributed by atoms with Crippen molar-refractivity contribution in [3.63, 3.8) is 0 Å². The van der Waals surface area contributed by atoms with Gasteiger partial charge < -0.3 is 15.1 Å². The molecule has 0 unspecified atom stereocenters. The van der Waals surface area contributed by atoms with Crippen LogP contribution in [0.15, 0.2) is 60.8 Å². The number of amides is 1. The van der Waals surface area contributed by atoms with Crippen molar-refractivity contribution in [3.8, 4) is 0 Å². The number of rotatable bonds is 12. The van der Waals surface area contributed by atoms with Crippen LogP contribution in [0.3, 0.4) is 0 Å². The smallest absolute Gasteiger partial charge is 0.251 e. The van der Waals surface area contributed by atoms with Gasteiger partial charge in [0, 0.05) is 43.6 Å². The molecule has 2 aromatic rings. The molecule has 170 valence electrons. The Bertz CT molecular complexity index is 905. The molecule has 0 atom stereocenters. The third-order valence-corrected chi connectivity index (χ3v) is 6.29. The van der Waals surface area contributed by atoms with Gasteiger partial charge in [-0.1, -0.05) is 47.6 Å². The van der Waals surface area contributed by atoms with E-state index in [2.05, 4.69) is 33.3 Å². The van der Waals surface area contributed by atoms with Crippen LogP contribution < -0.4 is 10.2 Å². The second-order valence-corrected chi connectivity index (χ2v) is 8.93. The first-order valence-electron chi connectivity index (χ1n) is 10.8. The van der Waals surface area contributed by atoms with E-state index < -0.39 is 0 Å². The number of nitrogens with one attached hydrogen (secondary N) is 1. The van der Waals surface area contributed by atoms with Crippen LogP contribution in [0.25, 0.3) is 0 Å². The second kappa shape index (κ2) is 12.6. The van der Waals surface area contributed by atoms with E-state index in [0.29, 0.717) is 41.3 Å². The Hall–Kier alpha value is -2.35. The molecule has 0 aliphatic carbocycles. The van der Waals surface area contributed by atoms with E-state index >= 15 is 0 Å². The fourth-order valence-corrected chi connectivity index (χ4v) is 4.56. The van der Waals surface area contributed by atoms with Crippen LogP contribution in [-0.4, -0.2) is 60.0 Å². The number of anilines is 1. The number of thioether (sulfide) groups is 1. The molecule has 1 aromatic heterocycles. The molecule has 1 fully saturated rings. The number of carbonyl (C=O) groups excluding carboxylic acids is 1. The van der Waals surface area contributed by atoms with E-state index in [1.807, 2.05) is 41.3 Å². The third-order valence-electron chi connectivity index (χ3n) is 5.18. The molecule has 1 aromatic carbocycles. The molecule has 1 aliphatic rings. The summed E-state index contributed by atoms with van der Waals surface area (Å²) >= 11 is 7.73. The molecular formula is C24H30ClN5OS. The lowest BCUT2D eigenvalue weighted by atomic mass is 10.1. The van der Waals surface area contributed by atoms with Gasteiger partial charge in [-0.2, -0.15) is 0 Å². The van der Waals surface area contributed by atoms with Gasteiger partial charge in [-0.05, 0) is 43.6 Å². The van der Waals surface area contributed by atoms with Crippen molar-refractivity contribution >= 4 is 35.1 Å². The molecule has 0 spiro atoms. The molecule has 0 saturated carbocycles. The van der Waals surface area contributed by atoms with E-state index in [4.69, 9.17) is 11.6 Å². The maximum atomic E-state index is 12.4. The molecule has 8 heteroatoms. The van der Waals surface area contributed by atoms with Gasteiger partial charge in [0.25, 0.3) is 5.91 Å². The van der Waals surface area contributed by atoms with E-state index in [9.17, 15) is 4.79 Å². The first-order valence-corrected chi connectivity index (χ1v) is 12.2. The van der Waals surface area contributed by atoms with E-state index in [1.165, 1.54) is 24.6 Å². The molecule has 32 heavy (non-hydrogen) atoms. The van der Waals surface area contributed by atoms with Gasteiger partial charge in [0.05, 0.1) is 0 Å². The van der Waals surface area contributed by atoms with Crippen LogP contribution in [0.5, 0.6) is 0 Å². The van der Waals surface area contributed by atoms with Crippen molar-refractivity contribution in [2.75, 3.05) is 44.2 Å². The molecular weight excluding hydrogens is 442 g/mol. The van der Waals surface area contributed by atoms with E-state index in [1.54, 1.807) is 6.07 Å². The van der Waals surface area contributed by atoms with Gasteiger partial charge in [0.1, 0.15) is 11.0 Å². The summed E-state index contributed by atoms with van der Waals surface area (Å²) in [5.41, 5.74) is 1.76. The van der Waals surface area contributed by atoms with Crippen LogP contribution in [0.2, 0.25) is 5.15 Å². The first kappa shape index (κ1) is 24.3. The van der Waals surface area contributed by atoms with Gasteiger partial charge in [0.2, 0.25) is 0 Å². The number of carbonyl (C=O) groups is 1. The maximum absolute atomic E-state index is 12.4. The molecule has 0 bridgehead atoms. The molecule has 3 rings (SSSR count). The highest BCUT2D eigenvalue weighted by Crippen LogP contribution is 2.25. The van der Waals surface area contributed by atoms with Gasteiger partial charge >= 0.3 is 0 Å². The molecule has 0 radical (unpaired) electrons. The van der Waals surface area contributed by atoms with Crippen molar-refractivity contribution < 1.29 is 4.79 Å². The largest absolute Gasteiger partial charge is 0.351 e. The molecule has 2 heterocycles. The SMILES string of the molecule is C=CCN(CC=C)c1cc(Cl)nc(SCc2ccc(C(=O)NCCN3CCCC3)cc2)n1. The standard InChI is InChI=1S/C24H30ClN5OS/c1-3-12-30(13-4-2)22-17-21(25)27-24(28-22)32-18-19-7-9-20(10-8-19)23(31)26-11-16-29-14-5-6-15-29/h3-4,7-10,17H,1-2,5-6,11-16,18H2,(H,26,31). The summed E-state index contributed by atoms with van der Waals surface area (Å²) < 4.78 is 0. The van der Waals surface area contributed by atoms with E-state index in [0.717, 1.165) is 31.0 Å². The molecule has 1 aliphatic heterocycles. The van der Waals surface area contributed by atoms with Gasteiger partial charge in [-0.15, -0.1) is 13.2 Å². The summed E-state index contributed by atoms with van der Waals surface area (Å²) in [4.78, 5) is 25.7.